The van der Waals surface area contributed by atoms with E-state index < -0.39 is 0 Å². The van der Waals surface area contributed by atoms with Gasteiger partial charge in [0.2, 0.25) is 0 Å². The van der Waals surface area contributed by atoms with Crippen molar-refractivity contribution in [2.24, 2.45) is 0 Å². The molecule has 2 rings (SSSR count). The SMILES string of the molecule is COc1ccc(Br)c(C(=O)NCCc2ccc(OC)c(OC)c2)c1. The summed E-state index contributed by atoms with van der Waals surface area (Å²) in [6.07, 6.45) is 0.688. The lowest BCUT2D eigenvalue weighted by Gasteiger charge is -2.11. The summed E-state index contributed by atoms with van der Waals surface area (Å²) in [4.78, 5) is 12.3. The number of halogens is 1. The molecule has 0 aliphatic carbocycles. The molecule has 1 N–H and O–H groups in total. The van der Waals surface area contributed by atoms with Crippen molar-refractivity contribution in [2.45, 2.75) is 6.42 Å². The molecule has 0 unspecified atom stereocenters. The lowest BCUT2D eigenvalue weighted by molar-refractivity contribution is 0.0953. The number of benzene rings is 2. The molecular formula is C18H20BrNO4. The maximum absolute atomic E-state index is 12.3. The zero-order chi connectivity index (χ0) is 17.5. The van der Waals surface area contributed by atoms with E-state index >= 15 is 0 Å². The van der Waals surface area contributed by atoms with Gasteiger partial charge in [0.05, 0.1) is 26.9 Å². The Morgan fingerprint density at radius 2 is 1.75 bits per heavy atom. The van der Waals surface area contributed by atoms with Gasteiger partial charge in [-0.05, 0) is 58.2 Å². The summed E-state index contributed by atoms with van der Waals surface area (Å²) in [6, 6.07) is 11.0. The van der Waals surface area contributed by atoms with Gasteiger partial charge in [-0.2, -0.15) is 0 Å². The largest absolute Gasteiger partial charge is 0.497 e. The molecular weight excluding hydrogens is 374 g/mol. The highest BCUT2D eigenvalue weighted by Crippen LogP contribution is 2.27. The van der Waals surface area contributed by atoms with Crippen molar-refractivity contribution in [3.63, 3.8) is 0 Å². The van der Waals surface area contributed by atoms with Gasteiger partial charge in [0.1, 0.15) is 5.75 Å². The molecule has 5 nitrogen and oxygen atoms in total. The number of amides is 1. The first kappa shape index (κ1) is 18.1. The van der Waals surface area contributed by atoms with Gasteiger partial charge in [-0.3, -0.25) is 4.79 Å². The van der Waals surface area contributed by atoms with Gasteiger partial charge in [-0.15, -0.1) is 0 Å². The van der Waals surface area contributed by atoms with Gasteiger partial charge in [-0.1, -0.05) is 6.07 Å². The van der Waals surface area contributed by atoms with E-state index in [-0.39, 0.29) is 5.91 Å². The van der Waals surface area contributed by atoms with Crippen LogP contribution < -0.4 is 19.5 Å². The molecule has 0 fully saturated rings. The van der Waals surface area contributed by atoms with Gasteiger partial charge in [0.25, 0.3) is 5.91 Å². The van der Waals surface area contributed by atoms with E-state index in [1.165, 1.54) is 0 Å². The number of carbonyl (C=O) groups is 1. The number of ether oxygens (including phenoxy) is 3. The number of hydrogen-bond donors (Lipinski definition) is 1. The van der Waals surface area contributed by atoms with E-state index in [1.807, 2.05) is 18.2 Å². The maximum Gasteiger partial charge on any atom is 0.252 e. The lowest BCUT2D eigenvalue weighted by Crippen LogP contribution is -2.26. The number of rotatable bonds is 7. The second kappa shape index (κ2) is 8.59. The average Bonchev–Trinajstić information content (AvgIpc) is 2.61. The zero-order valence-electron chi connectivity index (χ0n) is 13.9. The highest BCUT2D eigenvalue weighted by molar-refractivity contribution is 9.10. The number of methoxy groups -OCH3 is 3. The standard InChI is InChI=1S/C18H20BrNO4/c1-22-13-5-6-15(19)14(11-13)18(21)20-9-8-12-4-7-16(23-2)17(10-12)24-3/h4-7,10-11H,8-9H2,1-3H3,(H,20,21). The van der Waals surface area contributed by atoms with Crippen molar-refractivity contribution in [3.05, 3.63) is 52.0 Å². The fourth-order valence-electron chi connectivity index (χ4n) is 2.26. The van der Waals surface area contributed by atoms with Crippen LogP contribution in [0.15, 0.2) is 40.9 Å². The van der Waals surface area contributed by atoms with Crippen LogP contribution in [0.3, 0.4) is 0 Å². The van der Waals surface area contributed by atoms with Crippen LogP contribution in [-0.4, -0.2) is 33.8 Å². The van der Waals surface area contributed by atoms with Crippen molar-refractivity contribution < 1.29 is 19.0 Å². The van der Waals surface area contributed by atoms with Gasteiger partial charge in [-0.25, -0.2) is 0 Å². The minimum Gasteiger partial charge on any atom is -0.497 e. The topological polar surface area (TPSA) is 56.8 Å². The van der Waals surface area contributed by atoms with Crippen molar-refractivity contribution in [1.82, 2.24) is 5.32 Å². The molecule has 0 aliphatic rings. The quantitative estimate of drug-likeness (QED) is 0.782. The van der Waals surface area contributed by atoms with Crippen LogP contribution in [0.2, 0.25) is 0 Å². The molecule has 0 saturated carbocycles. The number of hydrogen-bond acceptors (Lipinski definition) is 4. The van der Waals surface area contributed by atoms with Crippen molar-refractivity contribution in [1.29, 1.82) is 0 Å². The van der Waals surface area contributed by atoms with E-state index in [9.17, 15) is 4.79 Å². The van der Waals surface area contributed by atoms with Crippen LogP contribution >= 0.6 is 15.9 Å². The first-order chi connectivity index (χ1) is 11.6. The Morgan fingerprint density at radius 3 is 2.42 bits per heavy atom. The zero-order valence-corrected chi connectivity index (χ0v) is 15.5. The van der Waals surface area contributed by atoms with Crippen molar-refractivity contribution in [2.75, 3.05) is 27.9 Å². The summed E-state index contributed by atoms with van der Waals surface area (Å²) in [5, 5.41) is 2.91. The molecule has 0 atom stereocenters. The second-order valence-electron chi connectivity index (χ2n) is 5.04. The molecule has 128 valence electrons. The van der Waals surface area contributed by atoms with Gasteiger partial charge in [0, 0.05) is 11.0 Å². The first-order valence-corrected chi connectivity index (χ1v) is 8.21. The van der Waals surface area contributed by atoms with E-state index in [1.54, 1.807) is 39.5 Å². The molecule has 0 spiro atoms. The molecule has 0 aliphatic heterocycles. The summed E-state index contributed by atoms with van der Waals surface area (Å²) in [6.45, 7) is 0.512. The molecule has 24 heavy (non-hydrogen) atoms. The van der Waals surface area contributed by atoms with Crippen LogP contribution in [-0.2, 0) is 6.42 Å². The molecule has 0 bridgehead atoms. The molecule has 2 aromatic rings. The molecule has 2 aromatic carbocycles. The average molecular weight is 394 g/mol. The summed E-state index contributed by atoms with van der Waals surface area (Å²) in [5.41, 5.74) is 1.60. The van der Waals surface area contributed by atoms with Crippen LogP contribution in [0.4, 0.5) is 0 Å². The fourth-order valence-corrected chi connectivity index (χ4v) is 2.68. The monoisotopic (exact) mass is 393 g/mol. The molecule has 0 radical (unpaired) electrons. The van der Waals surface area contributed by atoms with Crippen molar-refractivity contribution in [3.8, 4) is 17.2 Å². The minimum atomic E-state index is -0.152. The van der Waals surface area contributed by atoms with Gasteiger partial charge in [0.15, 0.2) is 11.5 Å². The Kier molecular flexibility index (Phi) is 6.49. The normalized spacial score (nSPS) is 10.2. The van der Waals surface area contributed by atoms with Gasteiger partial charge >= 0.3 is 0 Å². The molecule has 0 aromatic heterocycles. The number of nitrogens with one attached hydrogen (secondary N) is 1. The molecule has 0 heterocycles. The van der Waals surface area contributed by atoms with Crippen LogP contribution in [0.1, 0.15) is 15.9 Å². The Hall–Kier alpha value is -2.21. The first-order valence-electron chi connectivity index (χ1n) is 7.41. The third-order valence-corrected chi connectivity index (χ3v) is 4.26. The molecule has 1 amide bonds. The number of carbonyl (C=O) groups excluding carboxylic acids is 1. The Balaban J connectivity index is 1.98. The van der Waals surface area contributed by atoms with Crippen molar-refractivity contribution >= 4 is 21.8 Å². The van der Waals surface area contributed by atoms with E-state index in [0.717, 1.165) is 10.0 Å². The Labute approximate surface area is 150 Å². The van der Waals surface area contributed by atoms with Crippen LogP contribution in [0.5, 0.6) is 17.2 Å². The summed E-state index contributed by atoms with van der Waals surface area (Å²) < 4.78 is 16.4. The van der Waals surface area contributed by atoms with Crippen LogP contribution in [0, 0.1) is 0 Å². The third kappa shape index (κ3) is 4.41. The lowest BCUT2D eigenvalue weighted by atomic mass is 10.1. The Bertz CT molecular complexity index is 718. The Morgan fingerprint density at radius 1 is 1.00 bits per heavy atom. The smallest absolute Gasteiger partial charge is 0.252 e. The molecule has 0 saturated heterocycles. The third-order valence-electron chi connectivity index (χ3n) is 3.57. The predicted octanol–water partition coefficient (Wildman–Crippen LogP) is 3.45. The fraction of sp³-hybridized carbons (Fsp3) is 0.278. The maximum atomic E-state index is 12.3. The van der Waals surface area contributed by atoms with E-state index in [4.69, 9.17) is 14.2 Å². The van der Waals surface area contributed by atoms with Crippen LogP contribution in [0.25, 0.3) is 0 Å². The minimum absolute atomic E-state index is 0.152. The second-order valence-corrected chi connectivity index (χ2v) is 5.90. The van der Waals surface area contributed by atoms with Gasteiger partial charge < -0.3 is 19.5 Å². The summed E-state index contributed by atoms with van der Waals surface area (Å²) in [5.74, 6) is 1.85. The summed E-state index contributed by atoms with van der Waals surface area (Å²) in [7, 11) is 4.77. The highest BCUT2D eigenvalue weighted by Gasteiger charge is 2.11. The summed E-state index contributed by atoms with van der Waals surface area (Å²) >= 11 is 3.39. The predicted molar refractivity (Wildman–Crippen MR) is 96.3 cm³/mol. The van der Waals surface area contributed by atoms with E-state index in [0.29, 0.717) is 35.8 Å². The molecule has 6 heteroatoms. The highest BCUT2D eigenvalue weighted by atomic mass is 79.9. The van der Waals surface area contributed by atoms with E-state index in [2.05, 4.69) is 21.2 Å².